The molecule has 3 atom stereocenters. The summed E-state index contributed by atoms with van der Waals surface area (Å²) in [7, 11) is 0. The molecule has 1 aliphatic heterocycles. The summed E-state index contributed by atoms with van der Waals surface area (Å²) < 4.78 is 10.4. The molecule has 9 heteroatoms. The van der Waals surface area contributed by atoms with Gasteiger partial charge in [-0.3, -0.25) is 14.5 Å². The molecule has 0 saturated carbocycles. The van der Waals surface area contributed by atoms with Crippen molar-refractivity contribution >= 4 is 23.9 Å². The molecule has 0 radical (unpaired) electrons. The summed E-state index contributed by atoms with van der Waals surface area (Å²) in [6.07, 6.45) is -0.598. The van der Waals surface area contributed by atoms with Gasteiger partial charge < -0.3 is 19.9 Å². The minimum atomic E-state index is -1.32. The van der Waals surface area contributed by atoms with Crippen LogP contribution in [0.25, 0.3) is 0 Å². The third kappa shape index (κ3) is 6.81. The maximum atomic E-state index is 13.2. The van der Waals surface area contributed by atoms with Crippen LogP contribution in [0.1, 0.15) is 37.0 Å². The molecular formula is C26H30N2O7. The van der Waals surface area contributed by atoms with Crippen LogP contribution in [0.3, 0.4) is 0 Å². The molecule has 2 N–H and O–H groups in total. The van der Waals surface area contributed by atoms with E-state index in [0.717, 1.165) is 16.7 Å². The fourth-order valence-corrected chi connectivity index (χ4v) is 3.98. The maximum Gasteiger partial charge on any atom is 0.411 e. The number of hydrogen-bond acceptors (Lipinski definition) is 6. The van der Waals surface area contributed by atoms with Crippen molar-refractivity contribution in [1.29, 1.82) is 0 Å². The Balaban J connectivity index is 1.75. The zero-order chi connectivity index (χ0) is 25.4. The summed E-state index contributed by atoms with van der Waals surface area (Å²) in [5.41, 5.74) is 2.59. The molecule has 2 aromatic rings. The lowest BCUT2D eigenvalue weighted by Crippen LogP contribution is -2.55. The Kier molecular flexibility index (Phi) is 8.83. The number of carboxylic acids is 1. The van der Waals surface area contributed by atoms with Gasteiger partial charge >= 0.3 is 18.0 Å². The van der Waals surface area contributed by atoms with E-state index in [1.807, 2.05) is 54.6 Å². The van der Waals surface area contributed by atoms with E-state index in [4.69, 9.17) is 9.47 Å². The molecule has 0 fully saturated rings. The highest BCUT2D eigenvalue weighted by Gasteiger charge is 2.37. The number of amides is 2. The number of carbonyl (C=O) groups is 4. The van der Waals surface area contributed by atoms with Gasteiger partial charge in [-0.15, -0.1) is 0 Å². The largest absolute Gasteiger partial charge is 0.480 e. The van der Waals surface area contributed by atoms with Crippen LogP contribution in [-0.2, 0) is 43.4 Å². The van der Waals surface area contributed by atoms with Gasteiger partial charge in [0.05, 0.1) is 19.1 Å². The number of carboxylic acid groups (broad SMARTS) is 1. The Bertz CT molecular complexity index is 1060. The van der Waals surface area contributed by atoms with Crippen LogP contribution in [0.4, 0.5) is 4.79 Å². The third-order valence-corrected chi connectivity index (χ3v) is 5.88. The van der Waals surface area contributed by atoms with E-state index in [-0.39, 0.29) is 32.6 Å². The summed E-state index contributed by atoms with van der Waals surface area (Å²) in [5.74, 6) is -3.16. The van der Waals surface area contributed by atoms with Gasteiger partial charge in [-0.1, -0.05) is 61.5 Å². The molecule has 2 amide bonds. The maximum absolute atomic E-state index is 13.2. The lowest BCUT2D eigenvalue weighted by Gasteiger charge is -2.35. The summed E-state index contributed by atoms with van der Waals surface area (Å²) in [5, 5.41) is 12.2. The normalized spacial score (nSPS) is 16.4. The highest BCUT2D eigenvalue weighted by atomic mass is 16.6. The van der Waals surface area contributed by atoms with Gasteiger partial charge in [-0.05, 0) is 30.0 Å². The second kappa shape index (κ2) is 12.0. The topological polar surface area (TPSA) is 122 Å². The predicted molar refractivity (Wildman–Crippen MR) is 126 cm³/mol. The van der Waals surface area contributed by atoms with Crippen molar-refractivity contribution in [2.75, 3.05) is 6.61 Å². The second-order valence-corrected chi connectivity index (χ2v) is 8.44. The monoisotopic (exact) mass is 482 g/mol. The first-order valence-electron chi connectivity index (χ1n) is 11.5. The number of rotatable bonds is 9. The van der Waals surface area contributed by atoms with E-state index < -0.39 is 41.9 Å². The van der Waals surface area contributed by atoms with Gasteiger partial charge in [0.1, 0.15) is 18.7 Å². The van der Waals surface area contributed by atoms with Gasteiger partial charge in [-0.25, -0.2) is 9.59 Å². The Hall–Kier alpha value is -3.88. The van der Waals surface area contributed by atoms with Crippen LogP contribution in [0.5, 0.6) is 0 Å². The molecule has 1 heterocycles. The molecule has 2 aromatic carbocycles. The van der Waals surface area contributed by atoms with E-state index in [2.05, 4.69) is 5.32 Å². The van der Waals surface area contributed by atoms with Gasteiger partial charge in [0.15, 0.2) is 0 Å². The molecule has 9 nitrogen and oxygen atoms in total. The fourth-order valence-electron chi connectivity index (χ4n) is 3.98. The lowest BCUT2D eigenvalue weighted by atomic mass is 9.93. The Morgan fingerprint density at radius 3 is 2.34 bits per heavy atom. The summed E-state index contributed by atoms with van der Waals surface area (Å²) in [4.78, 5) is 51.4. The lowest BCUT2D eigenvalue weighted by molar-refractivity contribution is -0.149. The highest BCUT2D eigenvalue weighted by molar-refractivity contribution is 5.90. The van der Waals surface area contributed by atoms with Crippen LogP contribution >= 0.6 is 0 Å². The van der Waals surface area contributed by atoms with Crippen molar-refractivity contribution < 1.29 is 33.8 Å². The van der Waals surface area contributed by atoms with Crippen molar-refractivity contribution in [2.24, 2.45) is 5.92 Å². The standard InChI is InChI=1S/C26H30N2O7/c1-3-34-25(32)17(2)13-21(24(30)31)27-23(29)22-14-19-11-7-8-12-20(19)15-28(22)26(33)35-16-18-9-5-4-6-10-18/h4-12,17,21-22H,3,13-16H2,1-2H3,(H,27,29)(H,30,31)/t17-,21-,22+/m1/s1. The average molecular weight is 483 g/mol. The van der Waals surface area contributed by atoms with Crippen molar-refractivity contribution in [3.63, 3.8) is 0 Å². The quantitative estimate of drug-likeness (QED) is 0.527. The molecule has 0 saturated heterocycles. The Morgan fingerprint density at radius 1 is 1.03 bits per heavy atom. The molecule has 3 rings (SSSR count). The van der Waals surface area contributed by atoms with Gasteiger partial charge in [0.25, 0.3) is 0 Å². The molecule has 0 aliphatic carbocycles. The summed E-state index contributed by atoms with van der Waals surface area (Å²) >= 11 is 0. The number of nitrogens with zero attached hydrogens (tertiary/aromatic N) is 1. The smallest absolute Gasteiger partial charge is 0.411 e. The SMILES string of the molecule is CCOC(=O)[C@H](C)C[C@@H](NC(=O)[C@@H]1Cc2ccccc2CN1C(=O)OCc1ccccc1)C(=O)O. The first kappa shape index (κ1) is 25.7. The number of hydrogen-bond donors (Lipinski definition) is 2. The van der Waals surface area contributed by atoms with Gasteiger partial charge in [0, 0.05) is 6.42 Å². The van der Waals surface area contributed by atoms with Crippen molar-refractivity contribution in [3.8, 4) is 0 Å². The van der Waals surface area contributed by atoms with E-state index in [1.54, 1.807) is 13.8 Å². The van der Waals surface area contributed by atoms with E-state index in [1.165, 1.54) is 4.90 Å². The van der Waals surface area contributed by atoms with Crippen LogP contribution in [0.2, 0.25) is 0 Å². The van der Waals surface area contributed by atoms with E-state index in [9.17, 15) is 24.3 Å². The van der Waals surface area contributed by atoms with Crippen molar-refractivity contribution in [3.05, 3.63) is 71.3 Å². The molecule has 35 heavy (non-hydrogen) atoms. The summed E-state index contributed by atoms with van der Waals surface area (Å²) in [6, 6.07) is 14.3. The first-order valence-corrected chi connectivity index (χ1v) is 11.5. The first-order chi connectivity index (χ1) is 16.8. The third-order valence-electron chi connectivity index (χ3n) is 5.88. The minimum absolute atomic E-state index is 0.0426. The van der Waals surface area contributed by atoms with Gasteiger partial charge in [0.2, 0.25) is 5.91 Å². The molecule has 1 aliphatic rings. The fraction of sp³-hybridized carbons (Fsp3) is 0.385. The summed E-state index contributed by atoms with van der Waals surface area (Å²) in [6.45, 7) is 3.58. The van der Waals surface area contributed by atoms with Crippen LogP contribution in [-0.4, -0.2) is 52.6 Å². The zero-order valence-corrected chi connectivity index (χ0v) is 19.8. The highest BCUT2D eigenvalue weighted by Crippen LogP contribution is 2.25. The van der Waals surface area contributed by atoms with Crippen molar-refractivity contribution in [1.82, 2.24) is 10.2 Å². The Morgan fingerprint density at radius 2 is 1.69 bits per heavy atom. The number of nitrogens with one attached hydrogen (secondary N) is 1. The number of carbonyl (C=O) groups excluding carboxylic acids is 3. The molecule has 0 spiro atoms. The molecule has 0 aromatic heterocycles. The second-order valence-electron chi connectivity index (χ2n) is 8.44. The van der Waals surface area contributed by atoms with E-state index >= 15 is 0 Å². The molecule has 186 valence electrons. The molecule has 0 bridgehead atoms. The van der Waals surface area contributed by atoms with Crippen molar-refractivity contribution in [2.45, 2.75) is 51.9 Å². The number of esters is 1. The molecule has 0 unspecified atom stereocenters. The molecular weight excluding hydrogens is 452 g/mol. The number of ether oxygens (including phenoxy) is 2. The van der Waals surface area contributed by atoms with Crippen LogP contribution < -0.4 is 5.32 Å². The number of fused-ring (bicyclic) bond motifs is 1. The van der Waals surface area contributed by atoms with E-state index in [0.29, 0.717) is 0 Å². The average Bonchev–Trinajstić information content (AvgIpc) is 2.86. The minimum Gasteiger partial charge on any atom is -0.480 e. The van der Waals surface area contributed by atoms with Gasteiger partial charge in [-0.2, -0.15) is 0 Å². The Labute approximate surface area is 204 Å². The number of benzene rings is 2. The van der Waals surface area contributed by atoms with Crippen LogP contribution in [0, 0.1) is 5.92 Å². The van der Waals surface area contributed by atoms with Crippen LogP contribution in [0.15, 0.2) is 54.6 Å². The number of aliphatic carboxylic acids is 1. The zero-order valence-electron chi connectivity index (χ0n) is 19.8. The predicted octanol–water partition coefficient (Wildman–Crippen LogP) is 2.91.